The second kappa shape index (κ2) is 7.69. The van der Waals surface area contributed by atoms with Crippen molar-refractivity contribution in [2.45, 2.75) is 12.8 Å². The highest BCUT2D eigenvalue weighted by molar-refractivity contribution is 7.13. The molecule has 0 radical (unpaired) electrons. The molecule has 2 heterocycles. The lowest BCUT2D eigenvalue weighted by Gasteiger charge is -2.12. The van der Waals surface area contributed by atoms with Crippen LogP contribution in [0.25, 0.3) is 21.5 Å². The molecule has 2 N–H and O–H groups in total. The van der Waals surface area contributed by atoms with E-state index in [1.54, 1.807) is 23.7 Å². The number of rotatable bonds is 4. The van der Waals surface area contributed by atoms with Crippen LogP contribution < -0.4 is 10.7 Å². The summed E-state index contributed by atoms with van der Waals surface area (Å²) in [6.07, 6.45) is 8.02. The number of amides is 1. The number of nitrogens with zero attached hydrogens (tertiary/aromatic N) is 1. The summed E-state index contributed by atoms with van der Waals surface area (Å²) in [5.41, 5.74) is 1.00. The SMILES string of the molecule is O=C(NCC1=CC=C(Cl)CC1)c1c[nH]c2c(F)cc(-c3nccs3)cc2c1=O. The Kier molecular flexibility index (Phi) is 5.11. The first kappa shape index (κ1) is 18.6. The van der Waals surface area contributed by atoms with Gasteiger partial charge in [0.25, 0.3) is 5.91 Å². The third kappa shape index (κ3) is 3.63. The first-order chi connectivity index (χ1) is 13.5. The number of aromatic amines is 1. The van der Waals surface area contributed by atoms with Gasteiger partial charge in [0.2, 0.25) is 5.43 Å². The second-order valence-electron chi connectivity index (χ2n) is 6.37. The number of hydrogen-bond acceptors (Lipinski definition) is 4. The highest BCUT2D eigenvalue weighted by Crippen LogP contribution is 2.26. The number of carbonyl (C=O) groups excluding carboxylic acids is 1. The van der Waals surface area contributed by atoms with E-state index in [0.29, 0.717) is 17.1 Å². The number of halogens is 2. The van der Waals surface area contributed by atoms with Crippen LogP contribution >= 0.6 is 22.9 Å². The van der Waals surface area contributed by atoms with Gasteiger partial charge >= 0.3 is 0 Å². The predicted molar refractivity (Wildman–Crippen MR) is 109 cm³/mol. The maximum Gasteiger partial charge on any atom is 0.257 e. The molecular weight excluding hydrogens is 401 g/mol. The second-order valence-corrected chi connectivity index (χ2v) is 7.75. The normalized spacial score (nSPS) is 13.9. The maximum absolute atomic E-state index is 14.5. The minimum Gasteiger partial charge on any atom is -0.358 e. The van der Waals surface area contributed by atoms with Crippen molar-refractivity contribution in [3.05, 3.63) is 74.3 Å². The highest BCUT2D eigenvalue weighted by Gasteiger charge is 2.17. The molecule has 0 aliphatic heterocycles. The Morgan fingerprint density at radius 2 is 2.18 bits per heavy atom. The summed E-state index contributed by atoms with van der Waals surface area (Å²) in [4.78, 5) is 32.2. The largest absolute Gasteiger partial charge is 0.358 e. The first-order valence-electron chi connectivity index (χ1n) is 8.60. The van der Waals surface area contributed by atoms with Gasteiger partial charge in [-0.2, -0.15) is 0 Å². The van der Waals surface area contributed by atoms with Crippen molar-refractivity contribution in [1.82, 2.24) is 15.3 Å². The van der Waals surface area contributed by atoms with E-state index in [4.69, 9.17) is 11.6 Å². The van der Waals surface area contributed by atoms with Crippen molar-refractivity contribution >= 4 is 39.7 Å². The highest BCUT2D eigenvalue weighted by atomic mass is 35.5. The number of aromatic nitrogens is 2. The van der Waals surface area contributed by atoms with Crippen LogP contribution in [0.1, 0.15) is 23.2 Å². The Morgan fingerprint density at radius 3 is 2.89 bits per heavy atom. The van der Waals surface area contributed by atoms with E-state index < -0.39 is 17.2 Å². The minimum atomic E-state index is -0.567. The summed E-state index contributed by atoms with van der Waals surface area (Å²) < 4.78 is 14.5. The molecule has 0 saturated carbocycles. The fourth-order valence-corrected chi connectivity index (χ4v) is 3.82. The number of H-pyrrole nitrogens is 1. The van der Waals surface area contributed by atoms with Gasteiger partial charge in [-0.3, -0.25) is 9.59 Å². The fraction of sp³-hybridized carbons (Fsp3) is 0.150. The topological polar surface area (TPSA) is 74.8 Å². The molecule has 28 heavy (non-hydrogen) atoms. The van der Waals surface area contributed by atoms with Crippen molar-refractivity contribution in [3.8, 4) is 10.6 Å². The number of allylic oxidation sites excluding steroid dienone is 3. The average Bonchev–Trinajstić information content (AvgIpc) is 3.23. The third-order valence-electron chi connectivity index (χ3n) is 4.53. The maximum atomic E-state index is 14.5. The molecule has 0 saturated heterocycles. The van der Waals surface area contributed by atoms with Crippen LogP contribution in [0, 0.1) is 5.82 Å². The van der Waals surface area contributed by atoms with E-state index in [9.17, 15) is 14.0 Å². The first-order valence-corrected chi connectivity index (χ1v) is 9.86. The Bertz CT molecular complexity index is 1180. The van der Waals surface area contributed by atoms with Gasteiger partial charge in [-0.05, 0) is 31.1 Å². The monoisotopic (exact) mass is 415 g/mol. The van der Waals surface area contributed by atoms with E-state index in [-0.39, 0.29) is 16.5 Å². The van der Waals surface area contributed by atoms with E-state index in [2.05, 4.69) is 15.3 Å². The molecule has 1 amide bonds. The van der Waals surface area contributed by atoms with Crippen molar-refractivity contribution in [2.24, 2.45) is 0 Å². The molecule has 0 spiro atoms. The molecule has 1 aromatic carbocycles. The Labute approximate surface area is 168 Å². The summed E-state index contributed by atoms with van der Waals surface area (Å²) in [6, 6.07) is 2.88. The van der Waals surface area contributed by atoms with Crippen molar-refractivity contribution in [1.29, 1.82) is 0 Å². The van der Waals surface area contributed by atoms with Gasteiger partial charge in [0.05, 0.1) is 5.52 Å². The molecule has 0 bridgehead atoms. The summed E-state index contributed by atoms with van der Waals surface area (Å²) in [6.45, 7) is 0.324. The van der Waals surface area contributed by atoms with Gasteiger partial charge < -0.3 is 10.3 Å². The zero-order valence-electron chi connectivity index (χ0n) is 14.6. The number of hydrogen-bond donors (Lipinski definition) is 2. The van der Waals surface area contributed by atoms with Gasteiger partial charge in [0.15, 0.2) is 0 Å². The van der Waals surface area contributed by atoms with E-state index in [0.717, 1.165) is 23.4 Å². The third-order valence-corrected chi connectivity index (χ3v) is 5.66. The predicted octanol–water partition coefficient (Wildman–Crippen LogP) is 4.36. The number of fused-ring (bicyclic) bond motifs is 1. The van der Waals surface area contributed by atoms with E-state index in [1.165, 1.54) is 23.6 Å². The van der Waals surface area contributed by atoms with E-state index >= 15 is 0 Å². The number of benzene rings is 1. The zero-order chi connectivity index (χ0) is 19.7. The average molecular weight is 416 g/mol. The molecule has 5 nitrogen and oxygen atoms in total. The lowest BCUT2D eigenvalue weighted by atomic mass is 10.0. The number of carbonyl (C=O) groups is 1. The number of pyridine rings is 1. The number of thiazole rings is 1. The van der Waals surface area contributed by atoms with Gasteiger partial charge in [0.1, 0.15) is 16.4 Å². The molecule has 3 aromatic rings. The summed E-state index contributed by atoms with van der Waals surface area (Å²) >= 11 is 7.27. The molecule has 0 unspecified atom stereocenters. The fourth-order valence-electron chi connectivity index (χ4n) is 3.04. The lowest BCUT2D eigenvalue weighted by molar-refractivity contribution is 0.0955. The lowest BCUT2D eigenvalue weighted by Crippen LogP contribution is -2.30. The van der Waals surface area contributed by atoms with Crippen molar-refractivity contribution in [3.63, 3.8) is 0 Å². The summed E-state index contributed by atoms with van der Waals surface area (Å²) in [5.74, 6) is -1.08. The number of nitrogens with one attached hydrogen (secondary N) is 2. The molecule has 8 heteroatoms. The molecule has 0 fully saturated rings. The summed E-state index contributed by atoms with van der Waals surface area (Å²) in [7, 11) is 0. The standard InChI is InChI=1S/C20H15ClFN3O2S/c21-13-3-1-11(2-4-13)9-25-19(27)15-10-24-17-14(18(15)26)7-12(8-16(17)22)20-23-5-6-28-20/h1,3,5-8,10H,2,4,9H2,(H,24,26)(H,25,27). The molecule has 1 aliphatic carbocycles. The zero-order valence-corrected chi connectivity index (χ0v) is 16.2. The van der Waals surface area contributed by atoms with Crippen LogP contribution in [-0.4, -0.2) is 22.4 Å². The van der Waals surface area contributed by atoms with Crippen LogP contribution in [0.3, 0.4) is 0 Å². The molecular formula is C20H15ClFN3O2S. The van der Waals surface area contributed by atoms with Crippen LogP contribution in [0.2, 0.25) is 0 Å². The minimum absolute atomic E-state index is 0.0619. The van der Waals surface area contributed by atoms with Gasteiger partial charge in [0, 0.05) is 40.3 Å². The van der Waals surface area contributed by atoms with Crippen molar-refractivity contribution in [2.75, 3.05) is 6.54 Å². The Hall–Kier alpha value is -2.77. The quantitative estimate of drug-likeness (QED) is 0.664. The van der Waals surface area contributed by atoms with Gasteiger partial charge in [-0.25, -0.2) is 9.37 Å². The van der Waals surface area contributed by atoms with Gasteiger partial charge in [-0.15, -0.1) is 11.3 Å². The van der Waals surface area contributed by atoms with Gasteiger partial charge in [-0.1, -0.05) is 23.3 Å². The van der Waals surface area contributed by atoms with Crippen molar-refractivity contribution < 1.29 is 9.18 Å². The van der Waals surface area contributed by atoms with E-state index in [1.807, 2.05) is 6.08 Å². The van der Waals surface area contributed by atoms with Crippen LogP contribution in [-0.2, 0) is 0 Å². The van der Waals surface area contributed by atoms with Crippen LogP contribution in [0.5, 0.6) is 0 Å². The molecule has 2 aromatic heterocycles. The molecule has 0 atom stereocenters. The smallest absolute Gasteiger partial charge is 0.257 e. The van der Waals surface area contributed by atoms with Crippen LogP contribution in [0.4, 0.5) is 4.39 Å². The molecule has 1 aliphatic rings. The van der Waals surface area contributed by atoms with Crippen LogP contribution in [0.15, 0.2) is 57.5 Å². The molecule has 142 valence electrons. The Balaban J connectivity index is 1.65. The molecule has 4 rings (SSSR count). The summed E-state index contributed by atoms with van der Waals surface area (Å²) in [5, 5.41) is 6.01. The Morgan fingerprint density at radius 1 is 1.32 bits per heavy atom.